The maximum Gasteiger partial charge on any atom is 0.298 e. The average Bonchev–Trinajstić information content (AvgIpc) is 3.39. The predicted octanol–water partition coefficient (Wildman–Crippen LogP) is 6.41. The van der Waals surface area contributed by atoms with E-state index in [0.717, 1.165) is 47.8 Å². The molecule has 8 heteroatoms. The summed E-state index contributed by atoms with van der Waals surface area (Å²) in [5.74, 6) is 0.239. The van der Waals surface area contributed by atoms with Crippen LogP contribution in [0.25, 0.3) is 16.6 Å². The molecule has 0 aliphatic carbocycles. The fourth-order valence-corrected chi connectivity index (χ4v) is 5.24. The molecule has 1 N–H and O–H groups in total. The fraction of sp³-hybridized carbons (Fsp3) is 0.229. The van der Waals surface area contributed by atoms with Gasteiger partial charge in [0.05, 0.1) is 13.3 Å². The first-order valence-electron chi connectivity index (χ1n) is 14.3. The summed E-state index contributed by atoms with van der Waals surface area (Å²) in [7, 11) is 5.68. The van der Waals surface area contributed by atoms with E-state index in [1.54, 1.807) is 17.7 Å². The van der Waals surface area contributed by atoms with Gasteiger partial charge in [-0.05, 0) is 86.0 Å². The zero-order valence-corrected chi connectivity index (χ0v) is 25.3. The number of hydrogen-bond donors (Lipinski definition) is 1. The summed E-state index contributed by atoms with van der Waals surface area (Å²) in [6, 6.07) is 26.9. The number of ketones is 1. The highest BCUT2D eigenvalue weighted by molar-refractivity contribution is 6.47. The van der Waals surface area contributed by atoms with Gasteiger partial charge in [-0.3, -0.25) is 9.59 Å². The summed E-state index contributed by atoms with van der Waals surface area (Å²) in [4.78, 5) is 35.9. The van der Waals surface area contributed by atoms with Gasteiger partial charge in [0, 0.05) is 55.3 Å². The van der Waals surface area contributed by atoms with E-state index in [2.05, 4.69) is 46.2 Å². The minimum atomic E-state index is -0.705. The highest BCUT2D eigenvalue weighted by atomic mass is 16.5. The third-order valence-electron chi connectivity index (χ3n) is 7.51. The molecular formula is C35H37N5O3. The molecule has 0 fully saturated rings. The lowest BCUT2D eigenvalue weighted by Gasteiger charge is -2.23. The molecule has 220 valence electrons. The van der Waals surface area contributed by atoms with E-state index < -0.39 is 11.7 Å². The van der Waals surface area contributed by atoms with E-state index in [9.17, 15) is 9.59 Å². The molecule has 0 atom stereocenters. The molecule has 3 aromatic heterocycles. The Morgan fingerprint density at radius 1 is 0.884 bits per heavy atom. The summed E-state index contributed by atoms with van der Waals surface area (Å²) in [6.45, 7) is 5.83. The smallest absolute Gasteiger partial charge is 0.298 e. The molecule has 1 amide bonds. The largest absolute Gasteiger partial charge is 0.495 e. The number of nitrogens with one attached hydrogen (secondary N) is 1. The molecule has 5 aromatic rings. The Bertz CT molecular complexity index is 1730. The van der Waals surface area contributed by atoms with E-state index in [1.807, 2.05) is 86.8 Å². The standard InChI is InChI=1S/C35H37N5O3/c1-24-20-25(2)36-32(21-24)39(4)19-9-18-38(3)28-14-12-27(13-15-28)37-35(42)34(41)33-31(26-10-7-6-8-11-26)22-29-16-17-30(43-5)23-40(29)33/h6-8,10-17,20-23H,9,18-19H2,1-5H3,(H,37,42). The van der Waals surface area contributed by atoms with Gasteiger partial charge >= 0.3 is 0 Å². The molecule has 0 saturated heterocycles. The highest BCUT2D eigenvalue weighted by Crippen LogP contribution is 2.30. The van der Waals surface area contributed by atoms with Crippen LogP contribution in [-0.2, 0) is 4.79 Å². The monoisotopic (exact) mass is 575 g/mol. The topological polar surface area (TPSA) is 79.2 Å². The lowest BCUT2D eigenvalue weighted by molar-refractivity contribution is -0.112. The number of carbonyl (C=O) groups is 2. The van der Waals surface area contributed by atoms with Crippen molar-refractivity contribution in [3.05, 3.63) is 108 Å². The summed E-state index contributed by atoms with van der Waals surface area (Å²) in [5, 5.41) is 2.79. The molecule has 2 aromatic carbocycles. The van der Waals surface area contributed by atoms with Gasteiger partial charge in [-0.25, -0.2) is 4.98 Å². The van der Waals surface area contributed by atoms with E-state index in [4.69, 9.17) is 4.74 Å². The number of carbonyl (C=O) groups excluding carboxylic acids is 2. The fourth-order valence-electron chi connectivity index (χ4n) is 5.24. The number of benzene rings is 2. The number of nitrogens with zero attached hydrogens (tertiary/aromatic N) is 4. The third-order valence-corrected chi connectivity index (χ3v) is 7.51. The summed E-state index contributed by atoms with van der Waals surface area (Å²) >= 11 is 0. The minimum absolute atomic E-state index is 0.287. The Morgan fingerprint density at radius 2 is 1.60 bits per heavy atom. The van der Waals surface area contributed by atoms with Crippen molar-refractivity contribution < 1.29 is 14.3 Å². The summed E-state index contributed by atoms with van der Waals surface area (Å²) in [5.41, 5.74) is 6.42. The molecule has 0 aliphatic rings. The van der Waals surface area contributed by atoms with Crippen molar-refractivity contribution in [1.29, 1.82) is 0 Å². The van der Waals surface area contributed by atoms with Gasteiger partial charge in [0.15, 0.2) is 0 Å². The zero-order valence-electron chi connectivity index (χ0n) is 25.3. The molecule has 43 heavy (non-hydrogen) atoms. The first kappa shape index (κ1) is 29.4. The maximum atomic E-state index is 13.6. The SMILES string of the molecule is COc1ccc2cc(-c3ccccc3)c(C(=O)C(=O)Nc3ccc(N(C)CCCN(C)c4cc(C)cc(C)n4)cc3)n2c1. The molecule has 0 unspecified atom stereocenters. The van der Waals surface area contributed by atoms with Crippen LogP contribution in [0.2, 0.25) is 0 Å². The number of pyridine rings is 2. The van der Waals surface area contributed by atoms with Crippen LogP contribution in [0, 0.1) is 13.8 Å². The van der Waals surface area contributed by atoms with Crippen molar-refractivity contribution in [3.8, 4) is 16.9 Å². The van der Waals surface area contributed by atoms with Crippen LogP contribution in [0.1, 0.15) is 28.2 Å². The molecule has 0 saturated carbocycles. The number of aryl methyl sites for hydroxylation is 2. The highest BCUT2D eigenvalue weighted by Gasteiger charge is 2.25. The van der Waals surface area contributed by atoms with Crippen LogP contribution in [-0.4, -0.2) is 55.4 Å². The number of methoxy groups -OCH3 is 1. The Hall–Kier alpha value is -5.11. The third kappa shape index (κ3) is 6.70. The van der Waals surface area contributed by atoms with Crippen molar-refractivity contribution >= 4 is 34.4 Å². The van der Waals surface area contributed by atoms with Crippen molar-refractivity contribution in [1.82, 2.24) is 9.38 Å². The zero-order chi connectivity index (χ0) is 30.5. The molecule has 0 radical (unpaired) electrons. The number of fused-ring (bicyclic) bond motifs is 1. The Kier molecular flexibility index (Phi) is 8.76. The number of anilines is 3. The first-order chi connectivity index (χ1) is 20.7. The second-order valence-corrected chi connectivity index (χ2v) is 10.8. The number of ether oxygens (including phenoxy) is 1. The van der Waals surface area contributed by atoms with E-state index >= 15 is 0 Å². The number of hydrogen-bond acceptors (Lipinski definition) is 6. The van der Waals surface area contributed by atoms with Crippen LogP contribution in [0.4, 0.5) is 17.2 Å². The van der Waals surface area contributed by atoms with Crippen LogP contribution < -0.4 is 19.9 Å². The van der Waals surface area contributed by atoms with Crippen molar-refractivity contribution in [3.63, 3.8) is 0 Å². The quantitative estimate of drug-likeness (QED) is 0.145. The molecule has 3 heterocycles. The van der Waals surface area contributed by atoms with Crippen molar-refractivity contribution in [2.45, 2.75) is 20.3 Å². The Morgan fingerprint density at radius 3 is 2.30 bits per heavy atom. The summed E-state index contributed by atoms with van der Waals surface area (Å²) in [6.07, 6.45) is 2.68. The molecule has 0 aliphatic heterocycles. The molecule has 0 spiro atoms. The van der Waals surface area contributed by atoms with Crippen molar-refractivity contribution in [2.24, 2.45) is 0 Å². The van der Waals surface area contributed by atoms with Gasteiger partial charge in [-0.2, -0.15) is 0 Å². The average molecular weight is 576 g/mol. The lowest BCUT2D eigenvalue weighted by atomic mass is 10.0. The minimum Gasteiger partial charge on any atom is -0.495 e. The molecule has 5 rings (SSSR count). The van der Waals surface area contributed by atoms with Gasteiger partial charge in [0.2, 0.25) is 0 Å². The maximum absolute atomic E-state index is 13.6. The van der Waals surface area contributed by atoms with Gasteiger partial charge in [0.25, 0.3) is 11.7 Å². The van der Waals surface area contributed by atoms with E-state index in [-0.39, 0.29) is 5.69 Å². The van der Waals surface area contributed by atoms with E-state index in [1.165, 1.54) is 5.56 Å². The lowest BCUT2D eigenvalue weighted by Crippen LogP contribution is -2.26. The normalized spacial score (nSPS) is 10.9. The van der Waals surface area contributed by atoms with E-state index in [0.29, 0.717) is 17.0 Å². The van der Waals surface area contributed by atoms with Gasteiger partial charge < -0.3 is 24.3 Å². The van der Waals surface area contributed by atoms with Crippen LogP contribution in [0.5, 0.6) is 5.75 Å². The number of aromatic nitrogens is 2. The number of Topliss-reactive ketones (excluding diaryl/α,β-unsaturated/α-hetero) is 1. The Labute approximate surface area is 252 Å². The second kappa shape index (κ2) is 12.8. The van der Waals surface area contributed by atoms with Gasteiger partial charge in [-0.15, -0.1) is 0 Å². The van der Waals surface area contributed by atoms with Crippen LogP contribution in [0.15, 0.2) is 91.1 Å². The molecule has 0 bridgehead atoms. The second-order valence-electron chi connectivity index (χ2n) is 10.8. The number of amides is 1. The van der Waals surface area contributed by atoms with Crippen molar-refractivity contribution in [2.75, 3.05) is 49.4 Å². The first-order valence-corrected chi connectivity index (χ1v) is 14.3. The van der Waals surface area contributed by atoms with Gasteiger partial charge in [0.1, 0.15) is 17.3 Å². The van der Waals surface area contributed by atoms with Crippen LogP contribution >= 0.6 is 0 Å². The predicted molar refractivity (Wildman–Crippen MR) is 174 cm³/mol. The van der Waals surface area contributed by atoms with Gasteiger partial charge in [-0.1, -0.05) is 30.3 Å². The summed E-state index contributed by atoms with van der Waals surface area (Å²) < 4.78 is 7.10. The Balaban J connectivity index is 1.25. The molecule has 8 nitrogen and oxygen atoms in total. The molecular weight excluding hydrogens is 538 g/mol. The number of rotatable bonds is 11. The van der Waals surface area contributed by atoms with Crippen LogP contribution in [0.3, 0.4) is 0 Å².